The van der Waals surface area contributed by atoms with Gasteiger partial charge in [0.15, 0.2) is 0 Å². The molecule has 3 rings (SSSR count). The number of nitrogens with one attached hydrogen (secondary N) is 2. The van der Waals surface area contributed by atoms with E-state index < -0.39 is 0 Å². The predicted octanol–water partition coefficient (Wildman–Crippen LogP) is 6.68. The molecule has 242 valence electrons. The summed E-state index contributed by atoms with van der Waals surface area (Å²) in [6.07, 6.45) is 11.9. The molecule has 1 saturated heterocycles. The van der Waals surface area contributed by atoms with E-state index in [0.29, 0.717) is 18.8 Å². The van der Waals surface area contributed by atoms with Crippen LogP contribution in [0.3, 0.4) is 0 Å². The average molecular weight is 609 g/mol. The topological polar surface area (TPSA) is 92.2 Å². The Morgan fingerprint density at radius 3 is 2.00 bits per heavy atom. The molecule has 0 spiro atoms. The number of carbonyl (C=O) groups excluding carboxylic acids is 2. The van der Waals surface area contributed by atoms with Crippen LogP contribution in [-0.2, 0) is 22.6 Å². The lowest BCUT2D eigenvalue weighted by atomic mass is 9.66. The van der Waals surface area contributed by atoms with Crippen LogP contribution in [0.2, 0.25) is 5.02 Å². The molecule has 8 nitrogen and oxygen atoms in total. The number of hydrogen-bond acceptors (Lipinski definition) is 6. The van der Waals surface area contributed by atoms with E-state index in [1.54, 1.807) is 6.33 Å². The summed E-state index contributed by atoms with van der Waals surface area (Å²) in [7, 11) is 5.57. The van der Waals surface area contributed by atoms with Gasteiger partial charge in [-0.1, -0.05) is 84.5 Å². The highest BCUT2D eigenvalue weighted by atomic mass is 35.5. The molecule has 9 heteroatoms. The zero-order valence-electron chi connectivity index (χ0n) is 28.1. The quantitative estimate of drug-likeness (QED) is 0.218. The summed E-state index contributed by atoms with van der Waals surface area (Å²) in [6, 6.07) is 7.77. The number of hydrogen-bond donors (Lipinski definition) is 2. The number of carbonyl (C=O) groups is 2. The standard InChI is InChI=1S/C22H31ClN4O.C4H9NO.C3H8.C2H7N.C2H6/c1-3-19(4-2)22(15-27-17-24-16-25-27)11-13-26(14-12-22)21(28)10-7-18-5-8-20(23)9-6-18;1-5-3-2-4-6;2*1-3-2;1-2/h5-6,8-9,16-17,19H,3-4,7,10-15H2,1-2H3;4-5H,2-3H2,1H3;3H2,1-2H3;3H,1-2H3;1-2H3. The number of likely N-dealkylation sites (tertiary alicyclic amines) is 1. The van der Waals surface area contributed by atoms with Gasteiger partial charge in [0, 0.05) is 44.0 Å². The summed E-state index contributed by atoms with van der Waals surface area (Å²) in [6.45, 7) is 16.2. The first-order valence-electron chi connectivity index (χ1n) is 15.8. The third kappa shape index (κ3) is 17.6. The highest BCUT2D eigenvalue weighted by Crippen LogP contribution is 2.43. The lowest BCUT2D eigenvalue weighted by Gasteiger charge is -2.46. The van der Waals surface area contributed by atoms with Gasteiger partial charge < -0.3 is 20.3 Å². The van der Waals surface area contributed by atoms with E-state index in [1.807, 2.05) is 70.3 Å². The molecule has 1 aliphatic heterocycles. The van der Waals surface area contributed by atoms with Crippen molar-refractivity contribution < 1.29 is 9.59 Å². The number of aromatic nitrogens is 3. The summed E-state index contributed by atoms with van der Waals surface area (Å²) >= 11 is 5.94. The van der Waals surface area contributed by atoms with Crippen molar-refractivity contribution in [2.24, 2.45) is 11.3 Å². The molecule has 2 heterocycles. The van der Waals surface area contributed by atoms with Gasteiger partial charge in [-0.2, -0.15) is 5.10 Å². The first-order valence-corrected chi connectivity index (χ1v) is 16.2. The number of piperidine rings is 1. The molecular formula is C33H61ClN6O2. The van der Waals surface area contributed by atoms with Crippen LogP contribution in [0.5, 0.6) is 0 Å². The summed E-state index contributed by atoms with van der Waals surface area (Å²) in [4.78, 5) is 28.4. The van der Waals surface area contributed by atoms with Crippen molar-refractivity contribution in [3.8, 4) is 0 Å². The number of aldehydes is 1. The largest absolute Gasteiger partial charge is 0.343 e. The minimum absolute atomic E-state index is 0.199. The fourth-order valence-electron chi connectivity index (χ4n) is 4.95. The molecule has 42 heavy (non-hydrogen) atoms. The first kappa shape index (κ1) is 41.8. The molecule has 0 unspecified atom stereocenters. The summed E-state index contributed by atoms with van der Waals surface area (Å²) < 4.78 is 1.97. The Kier molecular flexibility index (Phi) is 27.4. The van der Waals surface area contributed by atoms with Crippen molar-refractivity contribution in [2.45, 2.75) is 99.5 Å². The smallest absolute Gasteiger partial charge is 0.222 e. The van der Waals surface area contributed by atoms with Gasteiger partial charge in [-0.3, -0.25) is 9.48 Å². The van der Waals surface area contributed by atoms with Gasteiger partial charge in [-0.25, -0.2) is 4.98 Å². The number of amides is 1. The molecular weight excluding hydrogens is 548 g/mol. The van der Waals surface area contributed by atoms with Gasteiger partial charge in [0.2, 0.25) is 5.91 Å². The minimum atomic E-state index is 0.199. The van der Waals surface area contributed by atoms with Gasteiger partial charge in [-0.05, 0) is 69.4 Å². The Hall–Kier alpha value is -2.29. The molecule has 1 aromatic carbocycles. The maximum Gasteiger partial charge on any atom is 0.222 e. The normalized spacial score (nSPS) is 13.2. The average Bonchev–Trinajstić information content (AvgIpc) is 3.51. The molecule has 1 amide bonds. The maximum atomic E-state index is 12.7. The van der Waals surface area contributed by atoms with Crippen LogP contribution in [-0.4, -0.2) is 72.6 Å². The monoisotopic (exact) mass is 608 g/mol. The third-order valence-electron chi connectivity index (χ3n) is 6.96. The van der Waals surface area contributed by atoms with Crippen LogP contribution >= 0.6 is 11.6 Å². The van der Waals surface area contributed by atoms with Crippen LogP contribution in [0.1, 0.15) is 92.1 Å². The van der Waals surface area contributed by atoms with E-state index in [2.05, 4.69) is 53.3 Å². The fourth-order valence-corrected chi connectivity index (χ4v) is 5.08. The van der Waals surface area contributed by atoms with Crippen LogP contribution in [0, 0.1) is 11.3 Å². The second-order valence-corrected chi connectivity index (χ2v) is 10.7. The molecule has 0 bridgehead atoms. The molecule has 2 N–H and O–H groups in total. The fraction of sp³-hybridized carbons (Fsp3) is 0.697. The zero-order chi connectivity index (χ0) is 32.2. The van der Waals surface area contributed by atoms with Crippen molar-refractivity contribution in [3.05, 3.63) is 47.5 Å². The molecule has 1 aromatic heterocycles. The third-order valence-corrected chi connectivity index (χ3v) is 7.21. The first-order chi connectivity index (χ1) is 20.3. The van der Waals surface area contributed by atoms with E-state index >= 15 is 0 Å². The minimum Gasteiger partial charge on any atom is -0.343 e. The summed E-state index contributed by atoms with van der Waals surface area (Å²) in [5.74, 6) is 0.900. The summed E-state index contributed by atoms with van der Waals surface area (Å²) in [5, 5.41) is 10.7. The van der Waals surface area contributed by atoms with E-state index in [-0.39, 0.29) is 11.3 Å². The van der Waals surface area contributed by atoms with Crippen molar-refractivity contribution in [1.29, 1.82) is 0 Å². The number of rotatable bonds is 11. The van der Waals surface area contributed by atoms with E-state index in [9.17, 15) is 9.59 Å². The Balaban J connectivity index is 0. The van der Waals surface area contributed by atoms with Gasteiger partial charge >= 0.3 is 0 Å². The molecule has 1 aliphatic rings. The second kappa shape index (κ2) is 27.5. The van der Waals surface area contributed by atoms with Crippen LogP contribution in [0.25, 0.3) is 0 Å². The van der Waals surface area contributed by atoms with Gasteiger partial charge in [-0.15, -0.1) is 0 Å². The van der Waals surface area contributed by atoms with E-state index in [0.717, 1.165) is 75.2 Å². The maximum absolute atomic E-state index is 12.7. The Morgan fingerprint density at radius 1 is 1.05 bits per heavy atom. The van der Waals surface area contributed by atoms with Crippen molar-refractivity contribution >= 4 is 23.8 Å². The zero-order valence-corrected chi connectivity index (χ0v) is 28.8. The molecule has 0 radical (unpaired) electrons. The predicted molar refractivity (Wildman–Crippen MR) is 179 cm³/mol. The highest BCUT2D eigenvalue weighted by Gasteiger charge is 2.41. The molecule has 0 saturated carbocycles. The van der Waals surface area contributed by atoms with Gasteiger partial charge in [0.1, 0.15) is 18.9 Å². The molecule has 2 aromatic rings. The molecule has 0 aliphatic carbocycles. The van der Waals surface area contributed by atoms with Crippen LogP contribution in [0.15, 0.2) is 36.9 Å². The van der Waals surface area contributed by atoms with E-state index in [1.165, 1.54) is 6.42 Å². The highest BCUT2D eigenvalue weighted by molar-refractivity contribution is 6.30. The Labute approximate surface area is 262 Å². The Bertz CT molecular complexity index is 863. The van der Waals surface area contributed by atoms with Gasteiger partial charge in [0.05, 0.1) is 0 Å². The Morgan fingerprint density at radius 2 is 1.60 bits per heavy atom. The van der Waals surface area contributed by atoms with Crippen molar-refractivity contribution in [2.75, 3.05) is 40.8 Å². The van der Waals surface area contributed by atoms with Crippen molar-refractivity contribution in [1.82, 2.24) is 30.3 Å². The SMILES string of the molecule is CC.CCC.CCC(CC)C1(Cn2cncn2)CCN(C(=O)CCc2ccc(Cl)cc2)CC1.CNC.CNCCC=O. The number of halogens is 1. The van der Waals surface area contributed by atoms with Crippen LogP contribution < -0.4 is 10.6 Å². The van der Waals surface area contributed by atoms with Gasteiger partial charge in [0.25, 0.3) is 0 Å². The molecule has 1 fully saturated rings. The second-order valence-electron chi connectivity index (χ2n) is 10.2. The lowest BCUT2D eigenvalue weighted by molar-refractivity contribution is -0.134. The summed E-state index contributed by atoms with van der Waals surface area (Å²) in [5.41, 5.74) is 1.36. The molecule has 0 atom stereocenters. The van der Waals surface area contributed by atoms with Crippen LogP contribution in [0.4, 0.5) is 0 Å². The number of nitrogens with zero attached hydrogens (tertiary/aromatic N) is 4. The lowest BCUT2D eigenvalue weighted by Crippen LogP contribution is -2.48. The van der Waals surface area contributed by atoms with Crippen molar-refractivity contribution in [3.63, 3.8) is 0 Å². The number of benzene rings is 1. The number of aryl methyl sites for hydroxylation is 1. The van der Waals surface area contributed by atoms with E-state index in [4.69, 9.17) is 11.6 Å².